The van der Waals surface area contributed by atoms with Crippen molar-refractivity contribution in [3.63, 3.8) is 0 Å². The number of rotatable bonds is 7. The molecule has 19 heavy (non-hydrogen) atoms. The van der Waals surface area contributed by atoms with Gasteiger partial charge >= 0.3 is 0 Å². The quantitative estimate of drug-likeness (QED) is 0.790. The second-order valence-corrected chi connectivity index (χ2v) is 4.87. The topological polar surface area (TPSA) is 64.3 Å². The lowest BCUT2D eigenvalue weighted by atomic mass is 10.1. The maximum Gasteiger partial charge on any atom is 0.261 e. The predicted molar refractivity (Wildman–Crippen MR) is 77.1 cm³/mol. The number of para-hydroxylation sites is 1. The van der Waals surface area contributed by atoms with Crippen LogP contribution in [-0.2, 0) is 4.79 Å². The SMILES string of the molecule is CCC(Oc1ccccc1C)C(=O)NCC(C)CN. The summed E-state index contributed by atoms with van der Waals surface area (Å²) >= 11 is 0. The minimum atomic E-state index is -0.453. The molecular weight excluding hydrogens is 240 g/mol. The molecular formula is C15H24N2O2. The van der Waals surface area contributed by atoms with E-state index in [9.17, 15) is 4.79 Å². The molecule has 4 heteroatoms. The van der Waals surface area contributed by atoms with Crippen molar-refractivity contribution in [2.75, 3.05) is 13.1 Å². The van der Waals surface area contributed by atoms with E-state index in [-0.39, 0.29) is 11.8 Å². The number of carbonyl (C=O) groups excluding carboxylic acids is 1. The van der Waals surface area contributed by atoms with Crippen LogP contribution in [0.2, 0.25) is 0 Å². The molecule has 0 fully saturated rings. The monoisotopic (exact) mass is 264 g/mol. The van der Waals surface area contributed by atoms with Crippen molar-refractivity contribution in [2.24, 2.45) is 11.7 Å². The smallest absolute Gasteiger partial charge is 0.261 e. The maximum atomic E-state index is 12.0. The lowest BCUT2D eigenvalue weighted by Gasteiger charge is -2.19. The third-order valence-electron chi connectivity index (χ3n) is 3.05. The molecule has 1 aromatic carbocycles. The van der Waals surface area contributed by atoms with Gasteiger partial charge < -0.3 is 15.8 Å². The average Bonchev–Trinajstić information content (AvgIpc) is 2.43. The third-order valence-corrected chi connectivity index (χ3v) is 3.05. The van der Waals surface area contributed by atoms with E-state index in [1.165, 1.54) is 0 Å². The summed E-state index contributed by atoms with van der Waals surface area (Å²) in [5, 5.41) is 2.88. The number of carbonyl (C=O) groups is 1. The molecule has 0 aromatic heterocycles. The molecule has 0 saturated heterocycles. The van der Waals surface area contributed by atoms with Gasteiger partial charge in [0.25, 0.3) is 5.91 Å². The van der Waals surface area contributed by atoms with Gasteiger partial charge in [0.05, 0.1) is 0 Å². The number of aryl methyl sites for hydroxylation is 1. The second kappa shape index (κ2) is 7.79. The van der Waals surface area contributed by atoms with Gasteiger partial charge in [0.15, 0.2) is 6.10 Å². The van der Waals surface area contributed by atoms with E-state index in [0.29, 0.717) is 19.5 Å². The van der Waals surface area contributed by atoms with Crippen LogP contribution in [-0.4, -0.2) is 25.1 Å². The fourth-order valence-corrected chi connectivity index (χ4v) is 1.64. The molecule has 0 aliphatic carbocycles. The fraction of sp³-hybridized carbons (Fsp3) is 0.533. The summed E-state index contributed by atoms with van der Waals surface area (Å²) in [4.78, 5) is 12.0. The summed E-state index contributed by atoms with van der Waals surface area (Å²) in [5.41, 5.74) is 6.56. The molecule has 1 amide bonds. The first-order chi connectivity index (χ1) is 9.08. The number of nitrogens with two attached hydrogens (primary N) is 1. The molecule has 0 radical (unpaired) electrons. The molecule has 0 aliphatic heterocycles. The van der Waals surface area contributed by atoms with Gasteiger partial charge in [-0.1, -0.05) is 32.0 Å². The van der Waals surface area contributed by atoms with E-state index in [1.54, 1.807) is 0 Å². The predicted octanol–water partition coefficient (Wildman–Crippen LogP) is 1.86. The van der Waals surface area contributed by atoms with Crippen molar-refractivity contribution in [3.05, 3.63) is 29.8 Å². The van der Waals surface area contributed by atoms with Gasteiger partial charge in [-0.3, -0.25) is 4.79 Å². The Hall–Kier alpha value is -1.55. The molecule has 0 spiro atoms. The van der Waals surface area contributed by atoms with E-state index in [4.69, 9.17) is 10.5 Å². The molecule has 1 aromatic rings. The van der Waals surface area contributed by atoms with Gasteiger partial charge in [0.1, 0.15) is 5.75 Å². The highest BCUT2D eigenvalue weighted by Crippen LogP contribution is 2.18. The van der Waals surface area contributed by atoms with E-state index in [1.807, 2.05) is 45.0 Å². The Morgan fingerprint density at radius 3 is 2.68 bits per heavy atom. The van der Waals surface area contributed by atoms with Crippen LogP contribution in [0.1, 0.15) is 25.8 Å². The molecule has 106 valence electrons. The zero-order valence-electron chi connectivity index (χ0n) is 12.0. The molecule has 0 bridgehead atoms. The van der Waals surface area contributed by atoms with E-state index >= 15 is 0 Å². The van der Waals surface area contributed by atoms with Crippen LogP contribution in [0.5, 0.6) is 5.75 Å². The Balaban J connectivity index is 2.58. The number of ether oxygens (including phenoxy) is 1. The van der Waals surface area contributed by atoms with Gasteiger partial charge in [0.2, 0.25) is 0 Å². The molecule has 3 N–H and O–H groups in total. The number of nitrogens with one attached hydrogen (secondary N) is 1. The van der Waals surface area contributed by atoms with Crippen LogP contribution in [0.3, 0.4) is 0 Å². The van der Waals surface area contributed by atoms with Gasteiger partial charge in [-0.2, -0.15) is 0 Å². The normalized spacial score (nSPS) is 13.7. The number of amides is 1. The van der Waals surface area contributed by atoms with Crippen molar-refractivity contribution in [3.8, 4) is 5.75 Å². The van der Waals surface area contributed by atoms with Crippen molar-refractivity contribution < 1.29 is 9.53 Å². The van der Waals surface area contributed by atoms with Crippen molar-refractivity contribution in [2.45, 2.75) is 33.3 Å². The summed E-state index contributed by atoms with van der Waals surface area (Å²) in [6, 6.07) is 7.71. The van der Waals surface area contributed by atoms with Crippen molar-refractivity contribution in [1.29, 1.82) is 0 Å². The summed E-state index contributed by atoms with van der Waals surface area (Å²) in [6.07, 6.45) is 0.183. The summed E-state index contributed by atoms with van der Waals surface area (Å²) in [5.74, 6) is 0.961. The highest BCUT2D eigenvalue weighted by Gasteiger charge is 2.19. The van der Waals surface area contributed by atoms with Crippen LogP contribution in [0.15, 0.2) is 24.3 Å². The second-order valence-electron chi connectivity index (χ2n) is 4.87. The van der Waals surface area contributed by atoms with Crippen molar-refractivity contribution >= 4 is 5.91 Å². The Morgan fingerprint density at radius 2 is 2.11 bits per heavy atom. The minimum Gasteiger partial charge on any atom is -0.480 e. The minimum absolute atomic E-state index is 0.0777. The molecule has 4 nitrogen and oxygen atoms in total. The molecule has 0 heterocycles. The van der Waals surface area contributed by atoms with Crippen molar-refractivity contribution in [1.82, 2.24) is 5.32 Å². The highest BCUT2D eigenvalue weighted by molar-refractivity contribution is 5.81. The molecule has 0 saturated carbocycles. The van der Waals surface area contributed by atoms with Gasteiger partial charge in [-0.25, -0.2) is 0 Å². The Kier molecular flexibility index (Phi) is 6.36. The molecule has 2 unspecified atom stereocenters. The van der Waals surface area contributed by atoms with E-state index in [0.717, 1.165) is 11.3 Å². The standard InChI is InChI=1S/C15H24N2O2/c1-4-13(15(18)17-10-11(2)9-16)19-14-8-6-5-7-12(14)3/h5-8,11,13H,4,9-10,16H2,1-3H3,(H,17,18). The number of benzene rings is 1. The van der Waals surface area contributed by atoms with Gasteiger partial charge in [-0.05, 0) is 37.4 Å². The summed E-state index contributed by atoms with van der Waals surface area (Å²) in [6.45, 7) is 7.06. The first kappa shape index (κ1) is 15.5. The zero-order chi connectivity index (χ0) is 14.3. The molecule has 0 aliphatic rings. The first-order valence-corrected chi connectivity index (χ1v) is 6.78. The largest absolute Gasteiger partial charge is 0.480 e. The summed E-state index contributed by atoms with van der Waals surface area (Å²) < 4.78 is 5.78. The van der Waals surface area contributed by atoms with Crippen LogP contribution in [0.4, 0.5) is 0 Å². The van der Waals surface area contributed by atoms with Gasteiger partial charge in [0, 0.05) is 6.54 Å². The van der Waals surface area contributed by atoms with Crippen LogP contribution >= 0.6 is 0 Å². The molecule has 1 rings (SSSR count). The maximum absolute atomic E-state index is 12.0. The van der Waals surface area contributed by atoms with E-state index < -0.39 is 6.10 Å². The summed E-state index contributed by atoms with van der Waals surface area (Å²) in [7, 11) is 0. The third kappa shape index (κ3) is 4.91. The number of hydrogen-bond acceptors (Lipinski definition) is 3. The Labute approximate surface area is 115 Å². The lowest BCUT2D eigenvalue weighted by molar-refractivity contribution is -0.128. The van der Waals surface area contributed by atoms with Gasteiger partial charge in [-0.15, -0.1) is 0 Å². The van der Waals surface area contributed by atoms with Crippen LogP contribution in [0.25, 0.3) is 0 Å². The first-order valence-electron chi connectivity index (χ1n) is 6.78. The van der Waals surface area contributed by atoms with E-state index in [2.05, 4.69) is 5.32 Å². The van der Waals surface area contributed by atoms with Crippen LogP contribution in [0, 0.1) is 12.8 Å². The zero-order valence-corrected chi connectivity index (χ0v) is 12.0. The number of hydrogen-bond donors (Lipinski definition) is 2. The lowest BCUT2D eigenvalue weighted by Crippen LogP contribution is -2.41. The molecule has 2 atom stereocenters. The fourth-order valence-electron chi connectivity index (χ4n) is 1.64. The highest BCUT2D eigenvalue weighted by atomic mass is 16.5. The Morgan fingerprint density at radius 1 is 1.42 bits per heavy atom. The Bertz CT molecular complexity index is 407. The average molecular weight is 264 g/mol. The van der Waals surface area contributed by atoms with Crippen LogP contribution < -0.4 is 15.8 Å².